The molecule has 7 nitrogen and oxygen atoms in total. The van der Waals surface area contributed by atoms with Gasteiger partial charge in [0.2, 0.25) is 0 Å². The minimum absolute atomic E-state index is 0. The lowest BCUT2D eigenvalue weighted by molar-refractivity contribution is 0.0996. The number of amides is 1. The van der Waals surface area contributed by atoms with Gasteiger partial charge in [0, 0.05) is 17.1 Å². The van der Waals surface area contributed by atoms with Crippen molar-refractivity contribution in [1.29, 1.82) is 0 Å². The van der Waals surface area contributed by atoms with E-state index in [4.69, 9.17) is 4.42 Å². The Kier molecular flexibility index (Phi) is 9.31. The first-order chi connectivity index (χ1) is 14.0. The maximum absolute atomic E-state index is 12.1. The van der Waals surface area contributed by atoms with E-state index in [1.807, 2.05) is 38.1 Å². The van der Waals surface area contributed by atoms with Gasteiger partial charge in [-0.25, -0.2) is 9.98 Å². The molecule has 0 aliphatic heterocycles. The molecule has 9 heteroatoms. The fraction of sp³-hybridized carbons (Fsp3) is 0.286. The van der Waals surface area contributed by atoms with E-state index in [-0.39, 0.29) is 35.6 Å². The summed E-state index contributed by atoms with van der Waals surface area (Å²) >= 11 is 1.69. The van der Waals surface area contributed by atoms with Gasteiger partial charge in [0.1, 0.15) is 5.01 Å². The van der Waals surface area contributed by atoms with Gasteiger partial charge in [-0.05, 0) is 50.6 Å². The lowest BCUT2D eigenvalue weighted by atomic mass is 10.2. The SMILES string of the molecule is CCNC(=NCc1cccc(NC(=O)c2ccco2)c1)NCc1nc(C)c(C)s1.I. The molecule has 2 aromatic heterocycles. The van der Waals surface area contributed by atoms with Crippen LogP contribution in [-0.4, -0.2) is 23.4 Å². The predicted molar refractivity (Wildman–Crippen MR) is 132 cm³/mol. The van der Waals surface area contributed by atoms with Gasteiger partial charge >= 0.3 is 0 Å². The van der Waals surface area contributed by atoms with Crippen molar-refractivity contribution in [1.82, 2.24) is 15.6 Å². The Morgan fingerprint density at radius 1 is 1.20 bits per heavy atom. The highest BCUT2D eigenvalue weighted by Crippen LogP contribution is 2.16. The van der Waals surface area contributed by atoms with E-state index < -0.39 is 0 Å². The molecule has 30 heavy (non-hydrogen) atoms. The number of thiazole rings is 1. The number of aliphatic imine (C=N–C) groups is 1. The molecule has 0 fully saturated rings. The van der Waals surface area contributed by atoms with Crippen molar-refractivity contribution < 1.29 is 9.21 Å². The molecule has 0 radical (unpaired) electrons. The molecule has 0 atom stereocenters. The van der Waals surface area contributed by atoms with Crippen LogP contribution in [0.5, 0.6) is 0 Å². The van der Waals surface area contributed by atoms with Crippen molar-refractivity contribution >= 4 is 52.9 Å². The Morgan fingerprint density at radius 2 is 2.03 bits per heavy atom. The van der Waals surface area contributed by atoms with E-state index in [0.29, 0.717) is 18.8 Å². The molecule has 0 bridgehead atoms. The van der Waals surface area contributed by atoms with Crippen molar-refractivity contribution in [3.63, 3.8) is 0 Å². The van der Waals surface area contributed by atoms with E-state index in [2.05, 4.69) is 32.9 Å². The second-order valence-electron chi connectivity index (χ2n) is 6.43. The number of aryl methyl sites for hydroxylation is 2. The van der Waals surface area contributed by atoms with Crippen LogP contribution in [0.1, 0.15) is 38.6 Å². The Balaban J connectivity index is 0.00000320. The predicted octanol–water partition coefficient (Wildman–Crippen LogP) is 4.48. The largest absolute Gasteiger partial charge is 0.459 e. The summed E-state index contributed by atoms with van der Waals surface area (Å²) in [5.41, 5.74) is 2.76. The number of aromatic nitrogens is 1. The Labute approximate surface area is 197 Å². The summed E-state index contributed by atoms with van der Waals surface area (Å²) in [6, 6.07) is 10.9. The molecule has 3 rings (SSSR count). The van der Waals surface area contributed by atoms with Gasteiger partial charge in [-0.3, -0.25) is 4.79 Å². The van der Waals surface area contributed by atoms with Crippen molar-refractivity contribution in [2.45, 2.75) is 33.9 Å². The Bertz CT molecular complexity index is 966. The first-order valence-corrected chi connectivity index (χ1v) is 10.3. The normalized spacial score (nSPS) is 11.0. The minimum Gasteiger partial charge on any atom is -0.459 e. The third-order valence-corrected chi connectivity index (χ3v) is 5.25. The van der Waals surface area contributed by atoms with Crippen LogP contribution in [0.25, 0.3) is 0 Å². The highest BCUT2D eigenvalue weighted by Gasteiger charge is 2.09. The number of hydrogen-bond acceptors (Lipinski definition) is 5. The number of anilines is 1. The van der Waals surface area contributed by atoms with Crippen LogP contribution >= 0.6 is 35.3 Å². The summed E-state index contributed by atoms with van der Waals surface area (Å²) in [4.78, 5) is 22.5. The van der Waals surface area contributed by atoms with Crippen LogP contribution < -0.4 is 16.0 Å². The lowest BCUT2D eigenvalue weighted by Gasteiger charge is -2.10. The summed E-state index contributed by atoms with van der Waals surface area (Å²) in [6.45, 7) is 8.00. The fourth-order valence-corrected chi connectivity index (χ4v) is 3.51. The van der Waals surface area contributed by atoms with Crippen LogP contribution in [0.3, 0.4) is 0 Å². The van der Waals surface area contributed by atoms with Gasteiger partial charge in [-0.15, -0.1) is 35.3 Å². The number of carbonyl (C=O) groups excluding carboxylic acids is 1. The molecule has 0 aliphatic carbocycles. The molecule has 2 heterocycles. The van der Waals surface area contributed by atoms with Gasteiger partial charge in [0.15, 0.2) is 11.7 Å². The molecule has 3 aromatic rings. The third kappa shape index (κ3) is 6.84. The average molecular weight is 539 g/mol. The molecule has 3 N–H and O–H groups in total. The number of guanidine groups is 1. The van der Waals surface area contributed by atoms with Crippen molar-refractivity contribution in [3.8, 4) is 0 Å². The fourth-order valence-electron chi connectivity index (χ4n) is 2.63. The molecule has 1 aromatic carbocycles. The number of rotatable bonds is 7. The molecule has 0 aliphatic rings. The van der Waals surface area contributed by atoms with Crippen LogP contribution in [0, 0.1) is 13.8 Å². The number of nitrogens with zero attached hydrogens (tertiary/aromatic N) is 2. The van der Waals surface area contributed by atoms with Gasteiger partial charge in [-0.1, -0.05) is 12.1 Å². The summed E-state index contributed by atoms with van der Waals surface area (Å²) in [7, 11) is 0. The quantitative estimate of drug-likeness (QED) is 0.234. The van der Waals surface area contributed by atoms with Crippen LogP contribution in [0.2, 0.25) is 0 Å². The second kappa shape index (κ2) is 11.7. The zero-order chi connectivity index (χ0) is 20.6. The molecule has 1 amide bonds. The maximum atomic E-state index is 12.1. The smallest absolute Gasteiger partial charge is 0.291 e. The number of hydrogen-bond donors (Lipinski definition) is 3. The first kappa shape index (κ1) is 23.9. The first-order valence-electron chi connectivity index (χ1n) is 9.44. The highest BCUT2D eigenvalue weighted by atomic mass is 127. The zero-order valence-electron chi connectivity index (χ0n) is 17.2. The molecular formula is C21H26IN5O2S. The average Bonchev–Trinajstić information content (AvgIpc) is 3.35. The number of halogens is 1. The lowest BCUT2D eigenvalue weighted by Crippen LogP contribution is -2.36. The van der Waals surface area contributed by atoms with Crippen molar-refractivity contribution in [2.24, 2.45) is 4.99 Å². The van der Waals surface area contributed by atoms with E-state index in [1.54, 1.807) is 23.5 Å². The maximum Gasteiger partial charge on any atom is 0.291 e. The molecule has 160 valence electrons. The summed E-state index contributed by atoms with van der Waals surface area (Å²) in [5.74, 6) is 0.724. The van der Waals surface area contributed by atoms with E-state index in [9.17, 15) is 4.79 Å². The number of benzene rings is 1. The monoisotopic (exact) mass is 539 g/mol. The topological polar surface area (TPSA) is 91.5 Å². The summed E-state index contributed by atoms with van der Waals surface area (Å²) in [6.07, 6.45) is 1.48. The van der Waals surface area contributed by atoms with Gasteiger partial charge in [0.05, 0.1) is 25.0 Å². The van der Waals surface area contributed by atoms with Crippen molar-refractivity contribution in [3.05, 3.63) is 69.6 Å². The van der Waals surface area contributed by atoms with Gasteiger partial charge < -0.3 is 20.4 Å². The molecule has 0 saturated heterocycles. The van der Waals surface area contributed by atoms with E-state index in [1.165, 1.54) is 11.1 Å². The minimum atomic E-state index is -0.278. The second-order valence-corrected chi connectivity index (χ2v) is 7.72. The van der Waals surface area contributed by atoms with Crippen LogP contribution in [0.4, 0.5) is 5.69 Å². The van der Waals surface area contributed by atoms with Gasteiger partial charge in [-0.2, -0.15) is 0 Å². The molecule has 0 unspecified atom stereocenters. The number of furan rings is 1. The highest BCUT2D eigenvalue weighted by molar-refractivity contribution is 14.0. The standard InChI is InChI=1S/C21H25N5O2S.HI/c1-4-22-21(24-13-19-25-14(2)15(3)29-19)23-12-16-7-5-8-17(11-16)26-20(27)18-9-6-10-28-18;/h5-11H,4,12-13H2,1-3H3,(H,26,27)(H2,22,23,24);1H. The molecule has 0 saturated carbocycles. The summed E-state index contributed by atoms with van der Waals surface area (Å²) in [5, 5.41) is 10.4. The Morgan fingerprint density at radius 3 is 2.70 bits per heavy atom. The third-order valence-electron chi connectivity index (χ3n) is 4.17. The number of carbonyl (C=O) groups is 1. The van der Waals surface area contributed by atoms with Crippen molar-refractivity contribution in [2.75, 3.05) is 11.9 Å². The van der Waals surface area contributed by atoms with Crippen LogP contribution in [-0.2, 0) is 13.1 Å². The Hall–Kier alpha value is -2.40. The van der Waals surface area contributed by atoms with Crippen LogP contribution in [0.15, 0.2) is 52.1 Å². The van der Waals surface area contributed by atoms with Gasteiger partial charge in [0.25, 0.3) is 5.91 Å². The molecule has 0 spiro atoms. The zero-order valence-corrected chi connectivity index (χ0v) is 20.3. The number of nitrogens with one attached hydrogen (secondary N) is 3. The van der Waals surface area contributed by atoms with E-state index in [0.717, 1.165) is 28.8 Å². The molecular weight excluding hydrogens is 513 g/mol. The van der Waals surface area contributed by atoms with E-state index >= 15 is 0 Å². The summed E-state index contributed by atoms with van der Waals surface area (Å²) < 4.78 is 5.12.